The second-order valence-electron chi connectivity index (χ2n) is 9.42. The fraction of sp³-hybridized carbons (Fsp3) is 0.267. The summed E-state index contributed by atoms with van der Waals surface area (Å²) in [5, 5.41) is 0. The molecule has 0 saturated carbocycles. The van der Waals surface area contributed by atoms with Crippen LogP contribution in [-0.4, -0.2) is 0 Å². The molecule has 154 valence electrons. The van der Waals surface area contributed by atoms with Crippen molar-refractivity contribution in [3.63, 3.8) is 0 Å². The van der Waals surface area contributed by atoms with Gasteiger partial charge in [0.15, 0.2) is 0 Å². The van der Waals surface area contributed by atoms with Gasteiger partial charge in [0.25, 0.3) is 0 Å². The number of nitrogens with two attached hydrogens (primary N) is 1. The van der Waals surface area contributed by atoms with E-state index in [1.807, 2.05) is 12.1 Å². The van der Waals surface area contributed by atoms with Gasteiger partial charge in [0.2, 0.25) is 0 Å². The summed E-state index contributed by atoms with van der Waals surface area (Å²) in [4.78, 5) is 0. The molecule has 0 radical (unpaired) electrons. The van der Waals surface area contributed by atoms with E-state index in [-0.39, 0.29) is 0 Å². The van der Waals surface area contributed by atoms with Gasteiger partial charge in [0, 0.05) is 17.5 Å². The molecule has 0 amide bonds. The zero-order chi connectivity index (χ0) is 20.8. The van der Waals surface area contributed by atoms with E-state index in [1.165, 1.54) is 30.4 Å². The minimum absolute atomic E-state index is 0.505. The minimum atomic E-state index is 0.505. The lowest BCUT2D eigenvalue weighted by molar-refractivity contribution is 0.459. The SMILES string of the molecule is Nc1ccc(C2=CC=CC(C3C=CC4=C(C3)C3=C(C=CCC3)C3C=CC=CC43)C2)cc1. The van der Waals surface area contributed by atoms with E-state index in [4.69, 9.17) is 5.73 Å². The van der Waals surface area contributed by atoms with Gasteiger partial charge in [0.05, 0.1) is 0 Å². The Kier molecular flexibility index (Phi) is 4.56. The second kappa shape index (κ2) is 7.57. The van der Waals surface area contributed by atoms with Crippen LogP contribution in [0, 0.1) is 23.7 Å². The Balaban J connectivity index is 1.28. The largest absolute Gasteiger partial charge is 0.399 e. The molecular weight excluding hydrogens is 374 g/mol. The predicted octanol–water partition coefficient (Wildman–Crippen LogP) is 7.12. The van der Waals surface area contributed by atoms with E-state index in [9.17, 15) is 0 Å². The zero-order valence-corrected chi connectivity index (χ0v) is 17.9. The quantitative estimate of drug-likeness (QED) is 0.523. The van der Waals surface area contributed by atoms with Crippen LogP contribution in [0.1, 0.15) is 31.2 Å². The molecule has 2 N–H and O–H groups in total. The molecule has 1 aromatic carbocycles. The van der Waals surface area contributed by atoms with E-state index in [1.54, 1.807) is 22.3 Å². The van der Waals surface area contributed by atoms with Crippen molar-refractivity contribution >= 4 is 11.3 Å². The smallest absolute Gasteiger partial charge is 0.0314 e. The summed E-state index contributed by atoms with van der Waals surface area (Å²) in [5.74, 6) is 2.13. The molecule has 31 heavy (non-hydrogen) atoms. The second-order valence-corrected chi connectivity index (χ2v) is 9.42. The lowest BCUT2D eigenvalue weighted by Gasteiger charge is -2.40. The van der Waals surface area contributed by atoms with Gasteiger partial charge < -0.3 is 5.73 Å². The molecule has 6 rings (SSSR count). The fourth-order valence-electron chi connectivity index (χ4n) is 6.08. The van der Waals surface area contributed by atoms with Crippen molar-refractivity contribution in [1.29, 1.82) is 0 Å². The summed E-state index contributed by atoms with van der Waals surface area (Å²) < 4.78 is 0. The Morgan fingerprint density at radius 3 is 2.26 bits per heavy atom. The standard InChI is InChI=1S/C30H29N/c31-24-15-12-20(13-16-24)21-6-5-7-22(18-21)23-14-17-29-27-10-2-1-8-25(27)26-9-3-4-11-28(26)30(29)19-23/h1-3,5-10,12-17,22-23,25,27H,4,11,18-19,31H2. The van der Waals surface area contributed by atoms with Crippen LogP contribution < -0.4 is 5.73 Å². The van der Waals surface area contributed by atoms with E-state index in [2.05, 4.69) is 79.0 Å². The first kappa shape index (κ1) is 18.7. The first-order valence-electron chi connectivity index (χ1n) is 11.7. The van der Waals surface area contributed by atoms with Crippen molar-refractivity contribution in [3.8, 4) is 0 Å². The number of fused-ring (bicyclic) bond motifs is 4. The highest BCUT2D eigenvalue weighted by Crippen LogP contribution is 2.50. The maximum atomic E-state index is 5.90. The van der Waals surface area contributed by atoms with E-state index in [0.717, 1.165) is 12.1 Å². The van der Waals surface area contributed by atoms with Crippen LogP contribution in [0.4, 0.5) is 5.69 Å². The van der Waals surface area contributed by atoms with Gasteiger partial charge in [-0.2, -0.15) is 0 Å². The Hall–Kier alpha value is -3.06. The number of hydrogen-bond acceptors (Lipinski definition) is 1. The predicted molar refractivity (Wildman–Crippen MR) is 131 cm³/mol. The molecular formula is C30H29N. The van der Waals surface area contributed by atoms with Gasteiger partial charge in [-0.15, -0.1) is 0 Å². The van der Waals surface area contributed by atoms with Gasteiger partial charge in [-0.25, -0.2) is 0 Å². The monoisotopic (exact) mass is 403 g/mol. The highest BCUT2D eigenvalue weighted by Gasteiger charge is 2.37. The molecule has 0 saturated heterocycles. The number of hydrogen-bond donors (Lipinski definition) is 1. The average Bonchev–Trinajstić information content (AvgIpc) is 2.84. The molecule has 4 unspecified atom stereocenters. The number of allylic oxidation sites excluding steroid dienone is 16. The van der Waals surface area contributed by atoms with Gasteiger partial charge in [0.1, 0.15) is 0 Å². The third kappa shape index (κ3) is 3.24. The lowest BCUT2D eigenvalue weighted by Crippen LogP contribution is -2.28. The molecule has 0 aromatic heterocycles. The number of rotatable bonds is 2. The van der Waals surface area contributed by atoms with Crippen LogP contribution >= 0.6 is 0 Å². The zero-order valence-electron chi connectivity index (χ0n) is 17.9. The van der Waals surface area contributed by atoms with Gasteiger partial charge in [-0.3, -0.25) is 0 Å². The first-order valence-corrected chi connectivity index (χ1v) is 11.7. The highest BCUT2D eigenvalue weighted by atomic mass is 14.5. The highest BCUT2D eigenvalue weighted by molar-refractivity contribution is 5.70. The molecule has 5 aliphatic rings. The lowest BCUT2D eigenvalue weighted by atomic mass is 9.63. The van der Waals surface area contributed by atoms with Gasteiger partial charge >= 0.3 is 0 Å². The number of nitrogen functional groups attached to an aromatic ring is 1. The Morgan fingerprint density at radius 2 is 1.45 bits per heavy atom. The Bertz CT molecular complexity index is 1140. The Labute approximate surface area is 185 Å². The van der Waals surface area contributed by atoms with E-state index >= 15 is 0 Å². The summed E-state index contributed by atoms with van der Waals surface area (Å²) in [6, 6.07) is 8.33. The van der Waals surface area contributed by atoms with Gasteiger partial charge in [-0.05, 0) is 83.1 Å². The van der Waals surface area contributed by atoms with Crippen LogP contribution in [0.3, 0.4) is 0 Å². The van der Waals surface area contributed by atoms with Crippen LogP contribution in [0.25, 0.3) is 5.57 Å². The molecule has 0 aliphatic heterocycles. The van der Waals surface area contributed by atoms with Crippen LogP contribution in [0.15, 0.2) is 113 Å². The average molecular weight is 404 g/mol. The molecule has 5 aliphatic carbocycles. The van der Waals surface area contributed by atoms with Crippen LogP contribution in [-0.2, 0) is 0 Å². The third-order valence-electron chi connectivity index (χ3n) is 7.68. The molecule has 1 aromatic rings. The fourth-order valence-corrected chi connectivity index (χ4v) is 6.08. The van der Waals surface area contributed by atoms with Crippen molar-refractivity contribution in [2.45, 2.75) is 25.7 Å². The number of benzene rings is 1. The molecule has 0 fully saturated rings. The van der Waals surface area contributed by atoms with Crippen molar-refractivity contribution in [2.75, 3.05) is 5.73 Å². The first-order chi connectivity index (χ1) is 15.3. The summed E-state index contributed by atoms with van der Waals surface area (Å²) >= 11 is 0. The molecule has 0 bridgehead atoms. The van der Waals surface area contributed by atoms with Crippen molar-refractivity contribution < 1.29 is 0 Å². The summed E-state index contributed by atoms with van der Waals surface area (Å²) in [7, 11) is 0. The molecule has 0 heterocycles. The normalized spacial score (nSPS) is 30.8. The molecule has 1 heteroatoms. The molecule has 4 atom stereocenters. The Morgan fingerprint density at radius 1 is 0.710 bits per heavy atom. The van der Waals surface area contributed by atoms with Gasteiger partial charge in [-0.1, -0.05) is 79.0 Å². The maximum Gasteiger partial charge on any atom is 0.0314 e. The maximum absolute atomic E-state index is 5.90. The van der Waals surface area contributed by atoms with Crippen molar-refractivity contribution in [3.05, 3.63) is 119 Å². The summed E-state index contributed by atoms with van der Waals surface area (Å²) in [6.45, 7) is 0. The minimum Gasteiger partial charge on any atom is -0.399 e. The van der Waals surface area contributed by atoms with Crippen molar-refractivity contribution in [1.82, 2.24) is 0 Å². The number of anilines is 1. The summed E-state index contributed by atoms with van der Waals surface area (Å²) in [5.41, 5.74) is 15.9. The van der Waals surface area contributed by atoms with Crippen molar-refractivity contribution in [2.24, 2.45) is 23.7 Å². The van der Waals surface area contributed by atoms with E-state index in [0.29, 0.717) is 23.7 Å². The molecule has 1 nitrogen and oxygen atoms in total. The van der Waals surface area contributed by atoms with Crippen LogP contribution in [0.5, 0.6) is 0 Å². The molecule has 0 spiro atoms. The van der Waals surface area contributed by atoms with Crippen LogP contribution in [0.2, 0.25) is 0 Å². The topological polar surface area (TPSA) is 26.0 Å². The summed E-state index contributed by atoms with van der Waals surface area (Å²) in [6.07, 6.45) is 30.7. The third-order valence-corrected chi connectivity index (χ3v) is 7.68. The van der Waals surface area contributed by atoms with E-state index < -0.39 is 0 Å².